The second-order valence-electron chi connectivity index (χ2n) is 3.31. The fourth-order valence-electron chi connectivity index (χ4n) is 1.44. The highest BCUT2D eigenvalue weighted by molar-refractivity contribution is 6.34. The Labute approximate surface area is 94.8 Å². The Morgan fingerprint density at radius 3 is 1.11 bits per heavy atom. The largest absolute Gasteiger partial charge is 0.418 e. The van der Waals surface area contributed by atoms with Gasteiger partial charge in [0.05, 0.1) is 11.1 Å². The summed E-state index contributed by atoms with van der Waals surface area (Å²) in [5.41, 5.74) is -6.67. The van der Waals surface area contributed by atoms with Gasteiger partial charge in [0.15, 0.2) is 17.5 Å². The highest BCUT2D eigenvalue weighted by atomic mass is 19.4. The smallest absolute Gasteiger partial charge is 0.203 e. The summed E-state index contributed by atoms with van der Waals surface area (Å²) < 4.78 is 112. The SMILES string of the molecule is Bc1c(C(F)(F)F)c(F)c(F)c(F)c1C(F)(F)F. The molecule has 0 nitrogen and oxygen atoms in total. The third-order valence-electron chi connectivity index (χ3n) is 2.14. The maximum absolute atomic E-state index is 12.9. The van der Waals surface area contributed by atoms with Crippen molar-refractivity contribution in [1.82, 2.24) is 0 Å². The Morgan fingerprint density at radius 2 is 0.889 bits per heavy atom. The van der Waals surface area contributed by atoms with Gasteiger partial charge in [-0.1, -0.05) is 5.46 Å². The second-order valence-corrected chi connectivity index (χ2v) is 3.31. The Bertz CT molecular complexity index is 444. The lowest BCUT2D eigenvalue weighted by Crippen LogP contribution is -2.32. The van der Waals surface area contributed by atoms with E-state index in [4.69, 9.17) is 0 Å². The molecule has 1 aromatic carbocycles. The average molecular weight is 280 g/mol. The van der Waals surface area contributed by atoms with Crippen LogP contribution in [0.2, 0.25) is 0 Å². The van der Waals surface area contributed by atoms with Gasteiger partial charge < -0.3 is 0 Å². The molecule has 0 radical (unpaired) electrons. The molecule has 0 fully saturated rings. The second kappa shape index (κ2) is 4.09. The highest BCUT2D eigenvalue weighted by Gasteiger charge is 2.45. The van der Waals surface area contributed by atoms with E-state index in [0.29, 0.717) is 0 Å². The Balaban J connectivity index is 3.83. The van der Waals surface area contributed by atoms with Gasteiger partial charge in [-0.05, 0) is 0 Å². The van der Waals surface area contributed by atoms with Crippen molar-refractivity contribution in [3.63, 3.8) is 0 Å². The zero-order valence-corrected chi connectivity index (χ0v) is 8.40. The van der Waals surface area contributed by atoms with E-state index in [1.54, 1.807) is 0 Å². The number of halogens is 9. The van der Waals surface area contributed by atoms with Crippen LogP contribution < -0.4 is 5.46 Å². The minimum absolute atomic E-state index is 0.219. The first-order chi connectivity index (χ1) is 7.89. The molecule has 0 saturated carbocycles. The fraction of sp³-hybridized carbons (Fsp3) is 0.250. The fourth-order valence-corrected chi connectivity index (χ4v) is 1.44. The molecule has 0 N–H and O–H groups in total. The van der Waals surface area contributed by atoms with Gasteiger partial charge >= 0.3 is 12.4 Å². The third-order valence-corrected chi connectivity index (χ3v) is 2.14. The molecule has 10 heteroatoms. The molecule has 0 unspecified atom stereocenters. The predicted molar refractivity (Wildman–Crippen MR) is 44.5 cm³/mol. The van der Waals surface area contributed by atoms with Crippen LogP contribution in [-0.4, -0.2) is 7.85 Å². The highest BCUT2D eigenvalue weighted by Crippen LogP contribution is 2.37. The quantitative estimate of drug-likeness (QED) is 0.389. The van der Waals surface area contributed by atoms with E-state index < -0.39 is 46.4 Å². The summed E-state index contributed by atoms with van der Waals surface area (Å²) in [6.45, 7) is 0. The zero-order chi connectivity index (χ0) is 14.5. The van der Waals surface area contributed by atoms with Gasteiger partial charge in [-0.3, -0.25) is 0 Å². The van der Waals surface area contributed by atoms with E-state index in [9.17, 15) is 39.5 Å². The predicted octanol–water partition coefficient (Wildman–Crippen LogP) is 2.40. The zero-order valence-electron chi connectivity index (χ0n) is 8.40. The molecule has 0 aliphatic heterocycles. The molecule has 100 valence electrons. The first-order valence-electron chi connectivity index (χ1n) is 4.20. The van der Waals surface area contributed by atoms with Crippen molar-refractivity contribution < 1.29 is 39.5 Å². The van der Waals surface area contributed by atoms with Crippen molar-refractivity contribution in [1.29, 1.82) is 0 Å². The van der Waals surface area contributed by atoms with Crippen LogP contribution in [0, 0.1) is 17.5 Å². The van der Waals surface area contributed by atoms with Crippen LogP contribution in [-0.2, 0) is 12.4 Å². The molecular weight excluding hydrogens is 278 g/mol. The lowest BCUT2D eigenvalue weighted by Gasteiger charge is -2.18. The van der Waals surface area contributed by atoms with Gasteiger partial charge in [-0.25, -0.2) is 13.2 Å². The number of benzene rings is 1. The summed E-state index contributed by atoms with van der Waals surface area (Å²) in [6.07, 6.45) is -11.1. The summed E-state index contributed by atoms with van der Waals surface area (Å²) in [5.74, 6) is -8.18. The third kappa shape index (κ3) is 2.28. The molecule has 0 heterocycles. The summed E-state index contributed by atoms with van der Waals surface area (Å²) in [7, 11) is 0.219. The van der Waals surface area contributed by atoms with Gasteiger partial charge in [0.2, 0.25) is 0 Å². The van der Waals surface area contributed by atoms with Gasteiger partial charge in [-0.15, -0.1) is 0 Å². The summed E-state index contributed by atoms with van der Waals surface area (Å²) >= 11 is 0. The summed E-state index contributed by atoms with van der Waals surface area (Å²) in [6, 6.07) is 0. The van der Waals surface area contributed by atoms with Gasteiger partial charge in [0.1, 0.15) is 7.85 Å². The van der Waals surface area contributed by atoms with E-state index in [-0.39, 0.29) is 7.85 Å². The minimum atomic E-state index is -5.57. The summed E-state index contributed by atoms with van der Waals surface area (Å²) in [5, 5.41) is 0. The molecule has 0 spiro atoms. The minimum Gasteiger partial charge on any atom is -0.203 e. The van der Waals surface area contributed by atoms with E-state index in [0.717, 1.165) is 0 Å². The van der Waals surface area contributed by atoms with E-state index >= 15 is 0 Å². The molecule has 0 aliphatic rings. The first-order valence-corrected chi connectivity index (χ1v) is 4.20. The van der Waals surface area contributed by atoms with Crippen molar-refractivity contribution in [2.75, 3.05) is 0 Å². The average Bonchev–Trinajstić information content (AvgIpc) is 2.09. The molecule has 0 aromatic heterocycles. The normalized spacial score (nSPS) is 12.9. The van der Waals surface area contributed by atoms with Crippen molar-refractivity contribution in [2.24, 2.45) is 0 Å². The maximum atomic E-state index is 12.9. The Morgan fingerprint density at radius 1 is 0.611 bits per heavy atom. The molecular formula is C8H2BF9. The van der Waals surface area contributed by atoms with Crippen LogP contribution in [0.5, 0.6) is 0 Å². The Hall–Kier alpha value is -1.35. The van der Waals surface area contributed by atoms with Crippen LogP contribution in [0.1, 0.15) is 11.1 Å². The van der Waals surface area contributed by atoms with E-state index in [1.165, 1.54) is 0 Å². The first kappa shape index (κ1) is 14.7. The number of alkyl halides is 6. The number of hydrogen-bond acceptors (Lipinski definition) is 0. The topological polar surface area (TPSA) is 0 Å². The lowest BCUT2D eigenvalue weighted by atomic mass is 9.84. The van der Waals surface area contributed by atoms with E-state index in [2.05, 4.69) is 0 Å². The van der Waals surface area contributed by atoms with Crippen molar-refractivity contribution in [3.8, 4) is 0 Å². The molecule has 1 aromatic rings. The standard InChI is InChI=1S/C8H2BF9/c9-3-1(7(13,14)15)4(10)6(12)5(11)2(3)8(16,17)18/h9H2. The van der Waals surface area contributed by atoms with Gasteiger partial charge in [-0.2, -0.15) is 26.3 Å². The molecule has 1 rings (SSSR count). The maximum Gasteiger partial charge on any atom is 0.418 e. The van der Waals surface area contributed by atoms with Crippen molar-refractivity contribution in [2.45, 2.75) is 12.4 Å². The monoisotopic (exact) mass is 280 g/mol. The lowest BCUT2D eigenvalue weighted by molar-refractivity contribution is -0.144. The van der Waals surface area contributed by atoms with Crippen LogP contribution >= 0.6 is 0 Å². The molecule has 0 aliphatic carbocycles. The van der Waals surface area contributed by atoms with Crippen LogP contribution in [0.3, 0.4) is 0 Å². The van der Waals surface area contributed by atoms with Crippen LogP contribution in [0.4, 0.5) is 39.5 Å². The van der Waals surface area contributed by atoms with Crippen molar-refractivity contribution >= 4 is 13.3 Å². The Kier molecular flexibility index (Phi) is 3.35. The summed E-state index contributed by atoms with van der Waals surface area (Å²) in [4.78, 5) is 0. The number of rotatable bonds is 0. The molecule has 0 bridgehead atoms. The van der Waals surface area contributed by atoms with E-state index in [1.807, 2.05) is 0 Å². The van der Waals surface area contributed by atoms with Crippen LogP contribution in [0.15, 0.2) is 0 Å². The molecule has 18 heavy (non-hydrogen) atoms. The molecule has 0 saturated heterocycles. The number of hydrogen-bond donors (Lipinski definition) is 0. The van der Waals surface area contributed by atoms with Crippen molar-refractivity contribution in [3.05, 3.63) is 28.6 Å². The molecule has 0 atom stereocenters. The van der Waals surface area contributed by atoms with Gasteiger partial charge in [0.25, 0.3) is 0 Å². The van der Waals surface area contributed by atoms with Gasteiger partial charge in [0, 0.05) is 0 Å². The van der Waals surface area contributed by atoms with Crippen LogP contribution in [0.25, 0.3) is 0 Å². The molecule has 0 amide bonds.